The van der Waals surface area contributed by atoms with E-state index in [1.54, 1.807) is 7.11 Å². The van der Waals surface area contributed by atoms with Crippen molar-refractivity contribution < 1.29 is 14.2 Å². The lowest BCUT2D eigenvalue weighted by atomic mass is 9.84. The molecule has 0 bridgehead atoms. The van der Waals surface area contributed by atoms with Crippen LogP contribution >= 0.6 is 0 Å². The van der Waals surface area contributed by atoms with Gasteiger partial charge in [0.05, 0.1) is 18.8 Å². The number of benzene rings is 1. The van der Waals surface area contributed by atoms with Gasteiger partial charge in [-0.05, 0) is 12.0 Å². The predicted octanol–water partition coefficient (Wildman–Crippen LogP) is 3.63. The highest BCUT2D eigenvalue weighted by atomic mass is 16.7. The van der Waals surface area contributed by atoms with E-state index in [1.807, 2.05) is 18.2 Å². The van der Waals surface area contributed by atoms with Gasteiger partial charge in [0.2, 0.25) is 0 Å². The van der Waals surface area contributed by atoms with Crippen molar-refractivity contribution in [3.05, 3.63) is 35.9 Å². The zero-order valence-corrected chi connectivity index (χ0v) is 12.9. The average Bonchev–Trinajstić information content (AvgIpc) is 2.48. The summed E-state index contributed by atoms with van der Waals surface area (Å²) < 4.78 is 17.7. The molecule has 1 aliphatic heterocycles. The molecule has 0 N–H and O–H groups in total. The van der Waals surface area contributed by atoms with E-state index in [0.717, 1.165) is 6.42 Å². The second kappa shape index (κ2) is 7.21. The first-order valence-corrected chi connectivity index (χ1v) is 7.51. The average molecular weight is 278 g/mol. The molecular formula is C17H26O3. The largest absolute Gasteiger partial charge is 0.373 e. The molecular weight excluding hydrogens is 252 g/mol. The van der Waals surface area contributed by atoms with E-state index < -0.39 is 0 Å². The van der Waals surface area contributed by atoms with Gasteiger partial charge in [-0.1, -0.05) is 51.1 Å². The Hall–Kier alpha value is -0.900. The smallest absolute Gasteiger partial charge is 0.162 e. The third-order valence-electron chi connectivity index (χ3n) is 4.28. The molecule has 1 aromatic rings. The van der Waals surface area contributed by atoms with E-state index in [4.69, 9.17) is 14.2 Å². The van der Waals surface area contributed by atoms with Crippen LogP contribution in [0.15, 0.2) is 30.3 Å². The van der Waals surface area contributed by atoms with Crippen LogP contribution in [0.2, 0.25) is 0 Å². The molecule has 2 rings (SSSR count). The first-order chi connectivity index (χ1) is 9.67. The van der Waals surface area contributed by atoms with Crippen molar-refractivity contribution in [1.82, 2.24) is 0 Å². The van der Waals surface area contributed by atoms with Crippen molar-refractivity contribution in [2.75, 3.05) is 7.11 Å². The van der Waals surface area contributed by atoms with Crippen LogP contribution in [0.5, 0.6) is 0 Å². The highest BCUT2D eigenvalue weighted by molar-refractivity contribution is 5.13. The van der Waals surface area contributed by atoms with Crippen molar-refractivity contribution >= 4 is 0 Å². The molecule has 112 valence electrons. The maximum absolute atomic E-state index is 6.20. The van der Waals surface area contributed by atoms with Gasteiger partial charge in [-0.3, -0.25) is 0 Å². The summed E-state index contributed by atoms with van der Waals surface area (Å²) in [6.45, 7) is 7.16. The molecule has 1 aromatic carbocycles. The fraction of sp³-hybridized carbons (Fsp3) is 0.647. The third kappa shape index (κ3) is 3.40. The van der Waals surface area contributed by atoms with Crippen LogP contribution in [0.25, 0.3) is 0 Å². The van der Waals surface area contributed by atoms with Crippen LogP contribution in [0.1, 0.15) is 32.8 Å². The standard InChI is InChI=1S/C17H26O3/c1-5-15-12(2)16(13(3)17(18-4)20-15)19-11-14-9-7-6-8-10-14/h6-10,12-13,15-17H,5,11H2,1-4H3/t12-,13-,15+,16-,17?/m0/s1. The van der Waals surface area contributed by atoms with Gasteiger partial charge in [0, 0.05) is 18.9 Å². The van der Waals surface area contributed by atoms with Crippen molar-refractivity contribution in [3.63, 3.8) is 0 Å². The minimum atomic E-state index is -0.170. The number of ether oxygens (including phenoxy) is 3. The lowest BCUT2D eigenvalue weighted by Crippen LogP contribution is -2.50. The molecule has 0 radical (unpaired) electrons. The van der Waals surface area contributed by atoms with Gasteiger partial charge in [-0.2, -0.15) is 0 Å². The maximum Gasteiger partial charge on any atom is 0.162 e. The molecule has 1 saturated heterocycles. The second-order valence-electron chi connectivity index (χ2n) is 5.67. The lowest BCUT2D eigenvalue weighted by Gasteiger charge is -2.43. The van der Waals surface area contributed by atoms with Gasteiger partial charge in [-0.25, -0.2) is 0 Å². The van der Waals surface area contributed by atoms with Gasteiger partial charge in [0.1, 0.15) is 0 Å². The van der Waals surface area contributed by atoms with E-state index in [9.17, 15) is 0 Å². The van der Waals surface area contributed by atoms with Gasteiger partial charge < -0.3 is 14.2 Å². The fourth-order valence-electron chi connectivity index (χ4n) is 3.07. The van der Waals surface area contributed by atoms with E-state index >= 15 is 0 Å². The highest BCUT2D eigenvalue weighted by Gasteiger charge is 2.41. The first kappa shape index (κ1) is 15.5. The SMILES string of the molecule is CC[C@H]1OC(OC)[C@@H](C)[C@@H](OCc2ccccc2)[C@H]1C. The zero-order valence-electron chi connectivity index (χ0n) is 12.9. The summed E-state index contributed by atoms with van der Waals surface area (Å²) in [6.07, 6.45) is 1.19. The van der Waals surface area contributed by atoms with E-state index in [0.29, 0.717) is 12.5 Å². The topological polar surface area (TPSA) is 27.7 Å². The van der Waals surface area contributed by atoms with Crippen LogP contribution < -0.4 is 0 Å². The maximum atomic E-state index is 6.20. The molecule has 0 amide bonds. The molecule has 20 heavy (non-hydrogen) atoms. The predicted molar refractivity (Wildman–Crippen MR) is 79.3 cm³/mol. The Labute approximate surface area is 122 Å². The Morgan fingerprint density at radius 2 is 1.80 bits per heavy atom. The normalized spacial score (nSPS) is 34.1. The Kier molecular flexibility index (Phi) is 5.58. The summed E-state index contributed by atoms with van der Waals surface area (Å²) in [4.78, 5) is 0. The van der Waals surface area contributed by atoms with Gasteiger partial charge in [-0.15, -0.1) is 0 Å². The molecule has 3 heteroatoms. The van der Waals surface area contributed by atoms with Gasteiger partial charge >= 0.3 is 0 Å². The molecule has 3 nitrogen and oxygen atoms in total. The number of rotatable bonds is 5. The summed E-state index contributed by atoms with van der Waals surface area (Å²) in [5.41, 5.74) is 1.21. The van der Waals surface area contributed by atoms with Gasteiger partial charge in [0.15, 0.2) is 6.29 Å². The summed E-state index contributed by atoms with van der Waals surface area (Å²) in [7, 11) is 1.71. The Morgan fingerprint density at radius 3 is 2.40 bits per heavy atom. The molecule has 1 aliphatic rings. The minimum Gasteiger partial charge on any atom is -0.373 e. The molecule has 1 unspecified atom stereocenters. The second-order valence-corrected chi connectivity index (χ2v) is 5.67. The van der Waals surface area contributed by atoms with Crippen LogP contribution in [-0.4, -0.2) is 25.6 Å². The zero-order chi connectivity index (χ0) is 14.5. The van der Waals surface area contributed by atoms with E-state index in [2.05, 4.69) is 32.9 Å². The monoisotopic (exact) mass is 278 g/mol. The summed E-state index contributed by atoms with van der Waals surface area (Å²) in [6, 6.07) is 10.3. The molecule has 0 saturated carbocycles. The summed E-state index contributed by atoms with van der Waals surface area (Å²) >= 11 is 0. The summed E-state index contributed by atoms with van der Waals surface area (Å²) in [5, 5.41) is 0. The minimum absolute atomic E-state index is 0.166. The van der Waals surface area contributed by atoms with Crippen molar-refractivity contribution in [1.29, 1.82) is 0 Å². The lowest BCUT2D eigenvalue weighted by molar-refractivity contribution is -0.262. The van der Waals surface area contributed by atoms with Gasteiger partial charge in [0.25, 0.3) is 0 Å². The highest BCUT2D eigenvalue weighted by Crippen LogP contribution is 2.34. The summed E-state index contributed by atoms with van der Waals surface area (Å²) in [5.74, 6) is 0.617. The Bertz CT molecular complexity index is 376. The molecule has 0 aromatic heterocycles. The Morgan fingerprint density at radius 1 is 1.10 bits per heavy atom. The van der Waals surface area contributed by atoms with Crippen molar-refractivity contribution in [2.45, 2.75) is 52.3 Å². The third-order valence-corrected chi connectivity index (χ3v) is 4.28. The number of hydrogen-bond acceptors (Lipinski definition) is 3. The van der Waals surface area contributed by atoms with Crippen LogP contribution in [0, 0.1) is 11.8 Å². The quantitative estimate of drug-likeness (QED) is 0.823. The molecule has 0 spiro atoms. The number of hydrogen-bond donors (Lipinski definition) is 0. The van der Waals surface area contributed by atoms with Crippen molar-refractivity contribution in [2.24, 2.45) is 11.8 Å². The van der Waals surface area contributed by atoms with Crippen molar-refractivity contribution in [3.8, 4) is 0 Å². The molecule has 1 fully saturated rings. The molecule has 0 aliphatic carbocycles. The van der Waals surface area contributed by atoms with E-state index in [-0.39, 0.29) is 24.4 Å². The number of methoxy groups -OCH3 is 1. The fourth-order valence-corrected chi connectivity index (χ4v) is 3.07. The van der Waals surface area contributed by atoms with Crippen LogP contribution in [-0.2, 0) is 20.8 Å². The Balaban J connectivity index is 2.02. The van der Waals surface area contributed by atoms with E-state index in [1.165, 1.54) is 5.56 Å². The first-order valence-electron chi connectivity index (χ1n) is 7.51. The molecule has 1 heterocycles. The van der Waals surface area contributed by atoms with Crippen LogP contribution in [0.4, 0.5) is 0 Å². The molecule has 5 atom stereocenters. The van der Waals surface area contributed by atoms with Crippen LogP contribution in [0.3, 0.4) is 0 Å².